The maximum Gasteiger partial charge on any atom is 0.306 e. The van der Waals surface area contributed by atoms with Gasteiger partial charge in [0.1, 0.15) is 36.8 Å². The van der Waals surface area contributed by atoms with E-state index in [9.17, 15) is 37.9 Å². The zero-order valence-corrected chi connectivity index (χ0v) is 43.3. The zero-order valence-electron chi connectivity index (χ0n) is 42.5. The van der Waals surface area contributed by atoms with Crippen molar-refractivity contribution in [3.8, 4) is 0 Å². The summed E-state index contributed by atoms with van der Waals surface area (Å²) in [6.45, 7) is 3.79. The number of hydrogen-bond donors (Lipinski definition) is 4. The van der Waals surface area contributed by atoms with E-state index in [2.05, 4.69) is 38.2 Å². The Labute approximate surface area is 408 Å². The Balaban J connectivity index is 2.33. The molecule has 0 aromatic rings. The SMILES string of the molecule is CCCCCC/C=C\C/C=C\CCCCCCCCCC(=O)OC(COC(=O)CCCCCCCCCCCCCCCCCCCCCCC)COC1OC(CS(=O)(=O)O)C(O)C(O)C1O. The van der Waals surface area contributed by atoms with Gasteiger partial charge < -0.3 is 34.3 Å². The van der Waals surface area contributed by atoms with Crippen LogP contribution < -0.4 is 0 Å². The summed E-state index contributed by atoms with van der Waals surface area (Å²) in [4.78, 5) is 25.6. The summed E-state index contributed by atoms with van der Waals surface area (Å²) in [6, 6.07) is 0. The highest BCUT2D eigenvalue weighted by molar-refractivity contribution is 7.85. The molecule has 0 aromatic carbocycles. The van der Waals surface area contributed by atoms with Crippen LogP contribution in [0.3, 0.4) is 0 Å². The molecule has 0 amide bonds. The van der Waals surface area contributed by atoms with E-state index < -0.39 is 71.2 Å². The fraction of sp³-hybridized carbons (Fsp3) is 0.889. The smallest absolute Gasteiger partial charge is 0.306 e. The number of carbonyl (C=O) groups is 2. The Bertz CT molecular complexity index is 1320. The van der Waals surface area contributed by atoms with Crippen molar-refractivity contribution in [2.24, 2.45) is 0 Å². The first kappa shape index (κ1) is 63.1. The van der Waals surface area contributed by atoms with Crippen molar-refractivity contribution >= 4 is 22.1 Å². The van der Waals surface area contributed by atoms with Gasteiger partial charge in [-0.05, 0) is 44.9 Å². The van der Waals surface area contributed by atoms with Crippen LogP contribution in [0.1, 0.15) is 251 Å². The number of carbonyl (C=O) groups excluding carboxylic acids is 2. The highest BCUT2D eigenvalue weighted by atomic mass is 32.2. The van der Waals surface area contributed by atoms with Gasteiger partial charge in [-0.25, -0.2) is 0 Å². The largest absolute Gasteiger partial charge is 0.462 e. The van der Waals surface area contributed by atoms with Crippen molar-refractivity contribution in [2.45, 2.75) is 288 Å². The minimum Gasteiger partial charge on any atom is -0.462 e. The average molecular weight is 973 g/mol. The van der Waals surface area contributed by atoms with Gasteiger partial charge in [0.05, 0.1) is 6.61 Å². The lowest BCUT2D eigenvalue weighted by Gasteiger charge is -2.40. The normalized spacial score (nSPS) is 19.4. The Morgan fingerprint density at radius 3 is 1.33 bits per heavy atom. The monoisotopic (exact) mass is 973 g/mol. The molecular weight excluding hydrogens is 873 g/mol. The van der Waals surface area contributed by atoms with Gasteiger partial charge in [0.2, 0.25) is 0 Å². The maximum absolute atomic E-state index is 12.9. The van der Waals surface area contributed by atoms with E-state index in [1.165, 1.54) is 154 Å². The summed E-state index contributed by atoms with van der Waals surface area (Å²) in [5, 5.41) is 31.0. The molecule has 1 aliphatic rings. The summed E-state index contributed by atoms with van der Waals surface area (Å²) >= 11 is 0. The third-order valence-corrected chi connectivity index (χ3v) is 13.5. The molecular formula is C54H100O12S. The first-order valence-corrected chi connectivity index (χ1v) is 29.0. The fourth-order valence-electron chi connectivity index (χ4n) is 8.53. The molecule has 0 radical (unpaired) electrons. The highest BCUT2D eigenvalue weighted by Gasteiger charge is 2.46. The van der Waals surface area contributed by atoms with E-state index in [4.69, 9.17) is 18.9 Å². The predicted molar refractivity (Wildman–Crippen MR) is 270 cm³/mol. The lowest BCUT2D eigenvalue weighted by molar-refractivity contribution is -0.297. The van der Waals surface area contributed by atoms with E-state index in [-0.39, 0.29) is 19.4 Å². The van der Waals surface area contributed by atoms with E-state index in [0.29, 0.717) is 12.8 Å². The summed E-state index contributed by atoms with van der Waals surface area (Å²) in [6.07, 6.45) is 42.1. The van der Waals surface area contributed by atoms with Crippen LogP contribution in [0.25, 0.3) is 0 Å². The molecule has 4 N–H and O–H groups in total. The summed E-state index contributed by atoms with van der Waals surface area (Å²) < 4.78 is 54.3. The van der Waals surface area contributed by atoms with Gasteiger partial charge in [0.25, 0.3) is 10.1 Å². The Hall–Kier alpha value is -1.87. The van der Waals surface area contributed by atoms with Crippen molar-refractivity contribution < 1.29 is 56.8 Å². The minimum absolute atomic E-state index is 0.158. The molecule has 0 aliphatic carbocycles. The first-order chi connectivity index (χ1) is 32.5. The lowest BCUT2D eigenvalue weighted by atomic mass is 10.00. The Kier molecular flexibility index (Phi) is 41.6. The molecule has 1 rings (SSSR count). The highest BCUT2D eigenvalue weighted by Crippen LogP contribution is 2.24. The molecule has 1 saturated heterocycles. The van der Waals surface area contributed by atoms with Crippen LogP contribution >= 0.6 is 0 Å². The van der Waals surface area contributed by atoms with Gasteiger partial charge in [0.15, 0.2) is 12.4 Å². The minimum atomic E-state index is -4.61. The second-order valence-corrected chi connectivity index (χ2v) is 20.8. The first-order valence-electron chi connectivity index (χ1n) is 27.4. The molecule has 0 aromatic heterocycles. The molecule has 6 unspecified atom stereocenters. The molecule has 1 fully saturated rings. The van der Waals surface area contributed by atoms with Crippen LogP contribution in [-0.4, -0.2) is 96.0 Å². The summed E-state index contributed by atoms with van der Waals surface area (Å²) in [5.41, 5.74) is 0. The van der Waals surface area contributed by atoms with Gasteiger partial charge in [0, 0.05) is 12.8 Å². The number of aliphatic hydroxyl groups is 3. The molecule has 1 aliphatic heterocycles. The standard InChI is InChI=1S/C54H100O12S/c1-3-5-7-9-11-13-15-17-19-21-23-24-25-27-28-30-32-34-36-38-40-42-49(55)63-44-47(45-64-54-53(59)52(58)51(57)48(66-54)46-67(60,61)62)65-50(56)43-41-39-37-35-33-31-29-26-22-20-18-16-14-12-10-8-6-4-2/h14,16,20,22,47-48,51-54,57-59H,3-13,15,17-19,21,23-46H2,1-2H3,(H,60,61,62)/b16-14-,22-20-. The van der Waals surface area contributed by atoms with E-state index in [0.717, 1.165) is 57.8 Å². The number of ether oxygens (including phenoxy) is 4. The van der Waals surface area contributed by atoms with Crippen LogP contribution in [0.4, 0.5) is 0 Å². The second-order valence-electron chi connectivity index (χ2n) is 19.3. The van der Waals surface area contributed by atoms with Crippen molar-refractivity contribution in [3.05, 3.63) is 24.3 Å². The number of unbranched alkanes of at least 4 members (excludes halogenated alkanes) is 31. The van der Waals surface area contributed by atoms with Crippen LogP contribution in [0.2, 0.25) is 0 Å². The number of hydrogen-bond acceptors (Lipinski definition) is 11. The zero-order chi connectivity index (χ0) is 49.1. The quantitative estimate of drug-likeness (QED) is 0.0196. The van der Waals surface area contributed by atoms with Crippen molar-refractivity contribution in [1.82, 2.24) is 0 Å². The van der Waals surface area contributed by atoms with Gasteiger partial charge in [-0.2, -0.15) is 8.42 Å². The van der Waals surface area contributed by atoms with Crippen LogP contribution in [-0.2, 0) is 38.7 Å². The van der Waals surface area contributed by atoms with Crippen molar-refractivity contribution in [2.75, 3.05) is 19.0 Å². The van der Waals surface area contributed by atoms with Gasteiger partial charge >= 0.3 is 11.9 Å². The summed E-state index contributed by atoms with van der Waals surface area (Å²) in [7, 11) is -4.61. The fourth-order valence-corrected chi connectivity index (χ4v) is 9.22. The third-order valence-electron chi connectivity index (χ3n) is 12.8. The number of esters is 2. The maximum atomic E-state index is 12.9. The van der Waals surface area contributed by atoms with Gasteiger partial charge in [-0.3, -0.25) is 14.1 Å². The molecule has 0 spiro atoms. The lowest BCUT2D eigenvalue weighted by Crippen LogP contribution is -2.60. The van der Waals surface area contributed by atoms with E-state index in [1.54, 1.807) is 0 Å². The molecule has 0 saturated carbocycles. The number of allylic oxidation sites excluding steroid dienone is 4. The topological polar surface area (TPSA) is 186 Å². The van der Waals surface area contributed by atoms with Crippen LogP contribution in [0.15, 0.2) is 24.3 Å². The molecule has 394 valence electrons. The molecule has 12 nitrogen and oxygen atoms in total. The number of aliphatic hydroxyl groups excluding tert-OH is 3. The molecule has 0 bridgehead atoms. The van der Waals surface area contributed by atoms with Crippen molar-refractivity contribution in [3.63, 3.8) is 0 Å². The Morgan fingerprint density at radius 2 is 0.896 bits per heavy atom. The van der Waals surface area contributed by atoms with Crippen LogP contribution in [0, 0.1) is 0 Å². The molecule has 1 heterocycles. The third kappa shape index (κ3) is 38.6. The average Bonchev–Trinajstić information content (AvgIpc) is 3.30. The molecule has 6 atom stereocenters. The predicted octanol–water partition coefficient (Wildman–Crippen LogP) is 12.7. The Morgan fingerprint density at radius 1 is 0.507 bits per heavy atom. The number of rotatable bonds is 47. The molecule has 13 heteroatoms. The summed E-state index contributed by atoms with van der Waals surface area (Å²) in [5.74, 6) is -1.98. The molecule has 67 heavy (non-hydrogen) atoms. The van der Waals surface area contributed by atoms with Gasteiger partial charge in [-0.1, -0.05) is 218 Å². The van der Waals surface area contributed by atoms with Crippen molar-refractivity contribution in [1.29, 1.82) is 0 Å². The van der Waals surface area contributed by atoms with Gasteiger partial charge in [-0.15, -0.1) is 0 Å². The van der Waals surface area contributed by atoms with E-state index >= 15 is 0 Å². The van der Waals surface area contributed by atoms with Crippen LogP contribution in [0.5, 0.6) is 0 Å². The second kappa shape index (κ2) is 44.1. The van der Waals surface area contributed by atoms with E-state index in [1.807, 2.05) is 0 Å².